The van der Waals surface area contributed by atoms with Crippen LogP contribution in [0.4, 0.5) is 0 Å². The molecule has 0 spiro atoms. The van der Waals surface area contributed by atoms with Gasteiger partial charge < -0.3 is 9.47 Å². The van der Waals surface area contributed by atoms with Gasteiger partial charge in [-0.25, -0.2) is 0 Å². The van der Waals surface area contributed by atoms with E-state index in [0.29, 0.717) is 30.3 Å². The Morgan fingerprint density at radius 2 is 2.00 bits per heavy atom. The number of aromatic nitrogens is 2. The van der Waals surface area contributed by atoms with Crippen LogP contribution in [0, 0.1) is 18.8 Å². The zero-order chi connectivity index (χ0) is 23.8. The minimum atomic E-state index is 0.280. The third-order valence-electron chi connectivity index (χ3n) is 8.74. The number of rotatable bonds is 7. The Hall–Kier alpha value is -1.77. The zero-order valence-corrected chi connectivity index (χ0v) is 21.3. The topological polar surface area (TPSA) is 54.8 Å². The van der Waals surface area contributed by atoms with Crippen LogP contribution in [0.2, 0.25) is 0 Å². The van der Waals surface area contributed by atoms with E-state index in [2.05, 4.69) is 70.2 Å². The summed E-state index contributed by atoms with van der Waals surface area (Å²) in [4.78, 5) is 5.37. The second-order valence-electron chi connectivity index (χ2n) is 10.9. The van der Waals surface area contributed by atoms with Crippen LogP contribution in [0.3, 0.4) is 0 Å². The van der Waals surface area contributed by atoms with Crippen molar-refractivity contribution >= 4 is 0 Å². The molecule has 4 saturated heterocycles. The van der Waals surface area contributed by atoms with Crippen LogP contribution < -0.4 is 5.32 Å². The third kappa shape index (κ3) is 4.69. The Morgan fingerprint density at radius 3 is 2.77 bits per heavy atom. The van der Waals surface area contributed by atoms with Crippen molar-refractivity contribution in [3.05, 3.63) is 42.1 Å². The minimum Gasteiger partial charge on any atom is -0.379 e. The van der Waals surface area contributed by atoms with Crippen molar-refractivity contribution in [1.29, 1.82) is 0 Å². The predicted molar refractivity (Wildman–Crippen MR) is 137 cm³/mol. The number of ether oxygens (including phenoxy) is 2. The van der Waals surface area contributed by atoms with E-state index in [1.165, 1.54) is 30.4 Å². The molecule has 4 aliphatic rings. The highest BCUT2D eigenvalue weighted by atomic mass is 16.5. The lowest BCUT2D eigenvalue weighted by atomic mass is 9.87. The summed E-state index contributed by atoms with van der Waals surface area (Å²) in [6.45, 7) is 10.2. The molecule has 190 valence electrons. The van der Waals surface area contributed by atoms with Crippen molar-refractivity contribution < 1.29 is 9.47 Å². The van der Waals surface area contributed by atoms with E-state index in [0.717, 1.165) is 58.0 Å². The van der Waals surface area contributed by atoms with Crippen LogP contribution in [-0.2, 0) is 9.47 Å². The Labute approximate surface area is 209 Å². The highest BCUT2D eigenvalue weighted by Gasteiger charge is 2.54. The monoisotopic (exact) mass is 479 g/mol. The zero-order valence-electron chi connectivity index (χ0n) is 21.3. The molecule has 7 nitrogen and oxygen atoms in total. The van der Waals surface area contributed by atoms with Crippen molar-refractivity contribution in [1.82, 2.24) is 24.9 Å². The van der Waals surface area contributed by atoms with Crippen LogP contribution in [-0.4, -0.2) is 77.5 Å². The number of hydrogen-bond acceptors (Lipinski definition) is 6. The van der Waals surface area contributed by atoms with E-state index >= 15 is 0 Å². The molecule has 6 rings (SSSR count). The van der Waals surface area contributed by atoms with Gasteiger partial charge in [0.1, 0.15) is 6.17 Å². The number of morpholine rings is 1. The largest absolute Gasteiger partial charge is 0.379 e. The maximum Gasteiger partial charge on any atom is 0.111 e. The van der Waals surface area contributed by atoms with Crippen LogP contribution in [0.1, 0.15) is 50.8 Å². The molecule has 4 aliphatic heterocycles. The maximum absolute atomic E-state index is 5.99. The van der Waals surface area contributed by atoms with Crippen LogP contribution in [0.25, 0.3) is 11.3 Å². The first-order chi connectivity index (χ1) is 17.2. The molecule has 7 heteroatoms. The van der Waals surface area contributed by atoms with Crippen molar-refractivity contribution in [2.24, 2.45) is 11.8 Å². The highest BCUT2D eigenvalue weighted by molar-refractivity contribution is 5.59. The summed E-state index contributed by atoms with van der Waals surface area (Å²) >= 11 is 0. The van der Waals surface area contributed by atoms with Gasteiger partial charge in [0.15, 0.2) is 0 Å². The van der Waals surface area contributed by atoms with Gasteiger partial charge in [-0.1, -0.05) is 37.1 Å². The van der Waals surface area contributed by atoms with Gasteiger partial charge in [-0.05, 0) is 50.7 Å². The Morgan fingerprint density at radius 1 is 1.11 bits per heavy atom. The molecule has 0 amide bonds. The minimum absolute atomic E-state index is 0.280. The lowest BCUT2D eigenvalue weighted by molar-refractivity contribution is -0.0757. The molecule has 1 aromatic carbocycles. The standard InChI is InChI=1S/C28H41N5O2/c1-3-21-19-32-25(10-9-23-8-5-15-35-23)29-27(31-13-16-34-17-14-31)26(21)28(32)33-12-11-24(30-33)22-7-4-6-20(2)18-22/h4,6-7,11-12,18,21,23,25-29H,3,5,8-10,13-17,19H2,1-2H3. The summed E-state index contributed by atoms with van der Waals surface area (Å²) in [5, 5.41) is 9.30. The van der Waals surface area contributed by atoms with E-state index in [-0.39, 0.29) is 6.17 Å². The number of nitrogens with zero attached hydrogens (tertiary/aromatic N) is 4. The van der Waals surface area contributed by atoms with Gasteiger partial charge in [-0.2, -0.15) is 5.10 Å². The molecule has 0 radical (unpaired) electrons. The van der Waals surface area contributed by atoms with Gasteiger partial charge >= 0.3 is 0 Å². The normalized spacial score (nSPS) is 35.5. The molecule has 2 aromatic rings. The number of nitrogens with one attached hydrogen (secondary N) is 1. The molecule has 1 aromatic heterocycles. The predicted octanol–water partition coefficient (Wildman–Crippen LogP) is 3.86. The Bertz CT molecular complexity index is 983. The smallest absolute Gasteiger partial charge is 0.111 e. The molecular formula is C28H41N5O2. The van der Waals surface area contributed by atoms with E-state index < -0.39 is 0 Å². The van der Waals surface area contributed by atoms with E-state index in [1.54, 1.807) is 0 Å². The SMILES string of the molecule is CCC1CN2C(CCC3CCCO3)NC(N3CCOCC3)C1C2n1ccc(-c2cccc(C)c2)n1. The highest BCUT2D eigenvalue weighted by Crippen LogP contribution is 2.46. The summed E-state index contributed by atoms with van der Waals surface area (Å²) < 4.78 is 14.0. The summed E-state index contributed by atoms with van der Waals surface area (Å²) in [5.41, 5.74) is 3.54. The van der Waals surface area contributed by atoms with Crippen LogP contribution >= 0.6 is 0 Å². The van der Waals surface area contributed by atoms with E-state index in [4.69, 9.17) is 14.6 Å². The molecular weight excluding hydrogens is 438 g/mol. The lowest BCUT2D eigenvalue weighted by Gasteiger charge is -2.49. The quantitative estimate of drug-likeness (QED) is 0.651. The second-order valence-corrected chi connectivity index (χ2v) is 10.9. The number of aryl methyl sites for hydroxylation is 1. The van der Waals surface area contributed by atoms with Gasteiger partial charge in [-0.15, -0.1) is 0 Å². The average molecular weight is 480 g/mol. The van der Waals surface area contributed by atoms with E-state index in [9.17, 15) is 0 Å². The average Bonchev–Trinajstić information content (AvgIpc) is 3.63. The summed E-state index contributed by atoms with van der Waals surface area (Å²) in [6.07, 6.45) is 9.50. The summed E-state index contributed by atoms with van der Waals surface area (Å²) in [5.74, 6) is 1.15. The van der Waals surface area contributed by atoms with Crippen molar-refractivity contribution in [3.63, 3.8) is 0 Å². The third-order valence-corrected chi connectivity index (χ3v) is 8.74. The summed E-state index contributed by atoms with van der Waals surface area (Å²) in [6, 6.07) is 10.9. The van der Waals surface area contributed by atoms with Gasteiger partial charge in [0.25, 0.3) is 0 Å². The fourth-order valence-electron chi connectivity index (χ4n) is 6.94. The molecule has 4 fully saturated rings. The van der Waals surface area contributed by atoms with Crippen molar-refractivity contribution in [2.75, 3.05) is 39.5 Å². The molecule has 5 heterocycles. The molecule has 7 atom stereocenters. The van der Waals surface area contributed by atoms with Gasteiger partial charge in [0.2, 0.25) is 0 Å². The number of fused-ring (bicyclic) bond motifs is 2. The van der Waals surface area contributed by atoms with Gasteiger partial charge in [-0.3, -0.25) is 19.8 Å². The number of hydrogen-bond donors (Lipinski definition) is 1. The van der Waals surface area contributed by atoms with E-state index in [1.807, 2.05) is 0 Å². The maximum atomic E-state index is 5.99. The fourth-order valence-corrected chi connectivity index (χ4v) is 6.94. The van der Waals surface area contributed by atoms with Gasteiger partial charge in [0, 0.05) is 43.9 Å². The molecule has 7 unspecified atom stereocenters. The molecule has 0 aliphatic carbocycles. The second kappa shape index (κ2) is 10.3. The van der Waals surface area contributed by atoms with Crippen LogP contribution in [0.15, 0.2) is 36.5 Å². The lowest BCUT2D eigenvalue weighted by Crippen LogP contribution is -2.65. The molecule has 1 N–H and O–H groups in total. The molecule has 2 bridgehead atoms. The Kier molecular flexibility index (Phi) is 6.95. The van der Waals surface area contributed by atoms with Crippen molar-refractivity contribution in [2.45, 2.75) is 70.6 Å². The molecule has 0 saturated carbocycles. The summed E-state index contributed by atoms with van der Waals surface area (Å²) in [7, 11) is 0. The first-order valence-corrected chi connectivity index (χ1v) is 13.8. The fraction of sp³-hybridized carbons (Fsp3) is 0.679. The van der Waals surface area contributed by atoms with Crippen LogP contribution in [0.5, 0.6) is 0 Å². The number of benzene rings is 1. The van der Waals surface area contributed by atoms with Gasteiger partial charge in [0.05, 0.1) is 37.3 Å². The first kappa shape index (κ1) is 23.6. The Balaban J connectivity index is 1.31. The molecule has 35 heavy (non-hydrogen) atoms. The first-order valence-electron chi connectivity index (χ1n) is 13.8. The van der Waals surface area contributed by atoms with Crippen molar-refractivity contribution in [3.8, 4) is 11.3 Å².